The highest BCUT2D eigenvalue weighted by atomic mass is 35.5. The number of carbonyl (C=O) groups excluding carboxylic acids is 2. The van der Waals surface area contributed by atoms with Gasteiger partial charge in [-0.1, -0.05) is 23.7 Å². The van der Waals surface area contributed by atoms with E-state index in [0.717, 1.165) is 0 Å². The van der Waals surface area contributed by atoms with Gasteiger partial charge < -0.3 is 15.0 Å². The average Bonchev–Trinajstić information content (AvgIpc) is 2.73. The molecule has 2 aromatic carbocycles. The van der Waals surface area contributed by atoms with Crippen molar-refractivity contribution in [2.75, 3.05) is 17.8 Å². The van der Waals surface area contributed by atoms with Gasteiger partial charge in [-0.05, 0) is 70.0 Å². The van der Waals surface area contributed by atoms with Crippen LogP contribution in [-0.4, -0.2) is 50.1 Å². The minimum atomic E-state index is -3.90. The van der Waals surface area contributed by atoms with Crippen LogP contribution in [0.5, 0.6) is 0 Å². The molecule has 2 amide bonds. The topological polar surface area (TPSA) is 105 Å². The van der Waals surface area contributed by atoms with Crippen LogP contribution in [0, 0.1) is 0 Å². The van der Waals surface area contributed by atoms with Gasteiger partial charge in [0.05, 0.1) is 16.1 Å². The molecule has 0 atom stereocenters. The van der Waals surface area contributed by atoms with Crippen LogP contribution in [0.1, 0.15) is 44.0 Å². The highest BCUT2D eigenvalue weighted by Crippen LogP contribution is 2.22. The number of nitrogens with one attached hydrogen (secondary N) is 2. The molecular weight excluding hydrogens is 466 g/mol. The molecule has 0 aromatic heterocycles. The number of hydrogen-bond donors (Lipinski definition) is 2. The maximum atomic E-state index is 12.9. The molecule has 1 saturated heterocycles. The van der Waals surface area contributed by atoms with Crippen molar-refractivity contribution >= 4 is 39.3 Å². The second kappa shape index (κ2) is 10.0. The van der Waals surface area contributed by atoms with Gasteiger partial charge in [0.1, 0.15) is 5.60 Å². The third-order valence-electron chi connectivity index (χ3n) is 5.02. The molecule has 0 saturated carbocycles. The maximum Gasteiger partial charge on any atom is 0.410 e. The van der Waals surface area contributed by atoms with E-state index in [1.807, 2.05) is 20.8 Å². The first kappa shape index (κ1) is 24.9. The number of benzene rings is 2. The van der Waals surface area contributed by atoms with E-state index in [4.69, 9.17) is 16.3 Å². The monoisotopic (exact) mass is 493 g/mol. The van der Waals surface area contributed by atoms with Gasteiger partial charge in [-0.3, -0.25) is 9.52 Å². The summed E-state index contributed by atoms with van der Waals surface area (Å²) >= 11 is 5.84. The second-order valence-corrected chi connectivity index (χ2v) is 10.9. The lowest BCUT2D eigenvalue weighted by molar-refractivity contribution is 0.0199. The van der Waals surface area contributed by atoms with Crippen molar-refractivity contribution in [3.05, 3.63) is 59.1 Å². The van der Waals surface area contributed by atoms with Crippen LogP contribution in [0.3, 0.4) is 0 Å². The Kier molecular flexibility index (Phi) is 7.54. The minimum Gasteiger partial charge on any atom is -0.444 e. The smallest absolute Gasteiger partial charge is 0.410 e. The highest BCUT2D eigenvalue weighted by Gasteiger charge is 2.28. The number of likely N-dealkylation sites (tertiary alicyclic amines) is 1. The van der Waals surface area contributed by atoms with E-state index >= 15 is 0 Å². The predicted molar refractivity (Wildman–Crippen MR) is 127 cm³/mol. The fraction of sp³-hybridized carbons (Fsp3) is 0.391. The van der Waals surface area contributed by atoms with Gasteiger partial charge in [0.15, 0.2) is 0 Å². The summed E-state index contributed by atoms with van der Waals surface area (Å²) < 4.78 is 33.4. The van der Waals surface area contributed by atoms with Gasteiger partial charge in [0.2, 0.25) is 0 Å². The number of sulfonamides is 1. The van der Waals surface area contributed by atoms with Crippen molar-refractivity contribution in [3.8, 4) is 0 Å². The Morgan fingerprint density at radius 2 is 1.64 bits per heavy atom. The lowest BCUT2D eigenvalue weighted by atomic mass is 10.0. The van der Waals surface area contributed by atoms with Crippen LogP contribution in [0.4, 0.5) is 10.5 Å². The number of amides is 2. The first-order valence-corrected chi connectivity index (χ1v) is 12.5. The number of rotatable bonds is 5. The van der Waals surface area contributed by atoms with Crippen molar-refractivity contribution in [1.82, 2.24) is 10.2 Å². The van der Waals surface area contributed by atoms with E-state index in [1.54, 1.807) is 23.1 Å². The standard InChI is InChI=1S/C23H28ClN3O5S/c1-23(2,3)32-22(29)27-14-12-17(13-15-27)25-21(28)19-6-4-5-7-20(19)26-33(30,31)18-10-8-16(24)9-11-18/h4-11,17,26H,12-15H2,1-3H3,(H,25,28). The Morgan fingerprint density at radius 1 is 1.03 bits per heavy atom. The Bertz CT molecular complexity index is 1110. The van der Waals surface area contributed by atoms with Crippen molar-refractivity contribution in [3.63, 3.8) is 0 Å². The van der Waals surface area contributed by atoms with Gasteiger partial charge in [-0.2, -0.15) is 0 Å². The number of piperidine rings is 1. The molecule has 0 radical (unpaired) electrons. The Balaban J connectivity index is 1.64. The second-order valence-electron chi connectivity index (χ2n) is 8.82. The largest absolute Gasteiger partial charge is 0.444 e. The summed E-state index contributed by atoms with van der Waals surface area (Å²) in [6, 6.07) is 12.0. The van der Waals surface area contributed by atoms with Crippen molar-refractivity contribution in [2.24, 2.45) is 0 Å². The summed E-state index contributed by atoms with van der Waals surface area (Å²) in [6.45, 7) is 6.37. The van der Waals surface area contributed by atoms with Gasteiger partial charge >= 0.3 is 6.09 Å². The summed E-state index contributed by atoms with van der Waals surface area (Å²) in [6.07, 6.45) is 0.780. The molecule has 8 nitrogen and oxygen atoms in total. The Hall–Kier alpha value is -2.78. The summed E-state index contributed by atoms with van der Waals surface area (Å²) in [5.41, 5.74) is -0.175. The third-order valence-corrected chi connectivity index (χ3v) is 6.66. The number of nitrogens with zero attached hydrogens (tertiary/aromatic N) is 1. The molecule has 0 aliphatic carbocycles. The van der Waals surface area contributed by atoms with Crippen molar-refractivity contribution in [1.29, 1.82) is 0 Å². The normalized spacial score (nSPS) is 15.1. The molecule has 0 bridgehead atoms. The van der Waals surface area contributed by atoms with Gasteiger partial charge in [-0.25, -0.2) is 13.2 Å². The number of ether oxygens (including phenoxy) is 1. The van der Waals surface area contributed by atoms with Gasteiger partial charge in [0, 0.05) is 24.2 Å². The molecule has 1 fully saturated rings. The van der Waals surface area contributed by atoms with E-state index in [1.165, 1.54) is 30.3 Å². The van der Waals surface area contributed by atoms with Crippen molar-refractivity contribution in [2.45, 2.75) is 50.2 Å². The number of anilines is 1. The van der Waals surface area contributed by atoms with Crippen LogP contribution < -0.4 is 10.0 Å². The van der Waals surface area contributed by atoms with Crippen LogP contribution in [-0.2, 0) is 14.8 Å². The average molecular weight is 494 g/mol. The summed E-state index contributed by atoms with van der Waals surface area (Å²) in [5, 5.41) is 3.37. The number of carbonyl (C=O) groups is 2. The van der Waals surface area contributed by atoms with E-state index < -0.39 is 15.6 Å². The lowest BCUT2D eigenvalue weighted by Gasteiger charge is -2.33. The summed E-state index contributed by atoms with van der Waals surface area (Å²) in [5.74, 6) is -0.389. The van der Waals surface area contributed by atoms with Crippen LogP contribution in [0.15, 0.2) is 53.4 Å². The Morgan fingerprint density at radius 3 is 2.24 bits per heavy atom. The molecule has 1 heterocycles. The molecule has 0 unspecified atom stereocenters. The fourth-order valence-corrected chi connectivity index (χ4v) is 4.59. The highest BCUT2D eigenvalue weighted by molar-refractivity contribution is 7.92. The number of halogens is 1. The molecule has 33 heavy (non-hydrogen) atoms. The molecule has 178 valence electrons. The molecule has 2 N–H and O–H groups in total. The maximum absolute atomic E-state index is 12.9. The molecule has 0 spiro atoms. The molecule has 1 aliphatic rings. The summed E-state index contributed by atoms with van der Waals surface area (Å²) in [4.78, 5) is 26.8. The van der Waals surface area contributed by atoms with E-state index in [2.05, 4.69) is 10.0 Å². The minimum absolute atomic E-state index is 0.0385. The number of para-hydroxylation sites is 1. The lowest BCUT2D eigenvalue weighted by Crippen LogP contribution is -2.47. The van der Waals surface area contributed by atoms with Gasteiger partial charge in [-0.15, -0.1) is 0 Å². The van der Waals surface area contributed by atoms with Crippen LogP contribution in [0.2, 0.25) is 5.02 Å². The first-order valence-electron chi connectivity index (χ1n) is 10.6. The van der Waals surface area contributed by atoms with E-state index in [-0.39, 0.29) is 34.2 Å². The molecule has 2 aromatic rings. The van der Waals surface area contributed by atoms with E-state index in [9.17, 15) is 18.0 Å². The molecule has 1 aliphatic heterocycles. The predicted octanol–water partition coefficient (Wildman–Crippen LogP) is 4.27. The molecular formula is C23H28ClN3O5S. The third kappa shape index (κ3) is 6.85. The quantitative estimate of drug-likeness (QED) is 0.647. The molecule has 10 heteroatoms. The van der Waals surface area contributed by atoms with E-state index in [0.29, 0.717) is 31.0 Å². The van der Waals surface area contributed by atoms with Crippen LogP contribution >= 0.6 is 11.6 Å². The summed E-state index contributed by atoms with van der Waals surface area (Å²) in [7, 11) is -3.90. The van der Waals surface area contributed by atoms with Gasteiger partial charge in [0.25, 0.3) is 15.9 Å². The first-order chi connectivity index (χ1) is 15.4. The zero-order valence-corrected chi connectivity index (χ0v) is 20.4. The SMILES string of the molecule is CC(C)(C)OC(=O)N1CCC(NC(=O)c2ccccc2NS(=O)(=O)c2ccc(Cl)cc2)CC1. The Labute approximate surface area is 199 Å². The van der Waals surface area contributed by atoms with Crippen molar-refractivity contribution < 1.29 is 22.7 Å². The fourth-order valence-electron chi connectivity index (χ4n) is 3.38. The zero-order chi connectivity index (χ0) is 24.2. The number of hydrogen-bond acceptors (Lipinski definition) is 5. The molecule has 3 rings (SSSR count). The zero-order valence-electron chi connectivity index (χ0n) is 18.8. The van der Waals surface area contributed by atoms with Crippen LogP contribution in [0.25, 0.3) is 0 Å².